The molecule has 2 unspecified atom stereocenters. The number of carbonyl (C=O) groups excluding carboxylic acids is 2. The van der Waals surface area contributed by atoms with Gasteiger partial charge in [0, 0.05) is 6.54 Å². The van der Waals surface area contributed by atoms with E-state index in [-0.39, 0.29) is 28.9 Å². The minimum absolute atomic E-state index is 0.169. The zero-order chi connectivity index (χ0) is 21.5. The minimum atomic E-state index is -0.735. The molecular formula is C20H27N3O6S. The second-order valence-corrected chi connectivity index (χ2v) is 8.82. The molecule has 1 aliphatic heterocycles. The van der Waals surface area contributed by atoms with E-state index in [0.29, 0.717) is 12.5 Å². The van der Waals surface area contributed by atoms with Crippen LogP contribution in [0.15, 0.2) is 24.3 Å². The molecule has 9 nitrogen and oxygen atoms in total. The molecule has 1 heterocycles. The number of methoxy groups -OCH3 is 1. The van der Waals surface area contributed by atoms with Crippen molar-refractivity contribution in [2.24, 2.45) is 11.8 Å². The number of carbonyl (C=O) groups is 2. The van der Waals surface area contributed by atoms with Gasteiger partial charge in [-0.15, -0.1) is 10.1 Å². The third-order valence-corrected chi connectivity index (χ3v) is 6.90. The summed E-state index contributed by atoms with van der Waals surface area (Å²) in [6, 6.07) is 6.78. The number of benzene rings is 1. The lowest BCUT2D eigenvalue weighted by atomic mass is 9.81. The van der Waals surface area contributed by atoms with Crippen molar-refractivity contribution in [3.8, 4) is 5.75 Å². The first-order valence-electron chi connectivity index (χ1n) is 10.1. The van der Waals surface area contributed by atoms with Crippen molar-refractivity contribution >= 4 is 22.9 Å². The molecule has 0 aromatic heterocycles. The Morgan fingerprint density at radius 1 is 1.23 bits per heavy atom. The van der Waals surface area contributed by atoms with E-state index in [2.05, 4.69) is 15.5 Å². The molecule has 0 radical (unpaired) electrons. The lowest BCUT2D eigenvalue weighted by molar-refractivity contribution is -0.759. The maximum absolute atomic E-state index is 12.7. The highest BCUT2D eigenvalue weighted by atomic mass is 32.2. The lowest BCUT2D eigenvalue weighted by Crippen LogP contribution is -2.44. The first-order chi connectivity index (χ1) is 14.5. The molecule has 2 amide bonds. The molecule has 1 saturated heterocycles. The van der Waals surface area contributed by atoms with Gasteiger partial charge in [0.1, 0.15) is 11.8 Å². The summed E-state index contributed by atoms with van der Waals surface area (Å²) in [7, 11) is 1.59. The minimum Gasteiger partial charge on any atom is -0.497 e. The molecule has 2 atom stereocenters. The Balaban J connectivity index is 1.43. The standard InChI is InChI=1S/C20H27N3O6S/c1-28-16-8-6-15(7-9-16)18-17(22-20(25)30-18)19(24)21-11-10-13-2-4-14(5-3-13)12-29-23(26)27/h6-9,13-14,17-18H,2-5,10-12H2,1H3,(H,21,24)(H,22,25). The second-order valence-electron chi connectivity index (χ2n) is 7.71. The van der Waals surface area contributed by atoms with Gasteiger partial charge < -0.3 is 20.2 Å². The fourth-order valence-corrected chi connectivity index (χ4v) is 5.09. The Hall–Kier alpha value is -2.49. The van der Waals surface area contributed by atoms with Crippen LogP contribution in [0.2, 0.25) is 0 Å². The predicted octanol–water partition coefficient (Wildman–Crippen LogP) is 3.08. The second kappa shape index (κ2) is 10.5. The Morgan fingerprint density at radius 3 is 2.53 bits per heavy atom. The van der Waals surface area contributed by atoms with Gasteiger partial charge in [0.05, 0.1) is 19.0 Å². The molecule has 1 aromatic rings. The van der Waals surface area contributed by atoms with Gasteiger partial charge in [0.25, 0.3) is 10.3 Å². The number of hydrogen-bond donors (Lipinski definition) is 2. The zero-order valence-electron chi connectivity index (χ0n) is 16.9. The number of nitrogens with one attached hydrogen (secondary N) is 2. The van der Waals surface area contributed by atoms with E-state index in [1.165, 1.54) is 0 Å². The SMILES string of the molecule is COc1ccc(C2SC(=O)NC2C(=O)NCCC2CCC(CO[N+](=O)[O-])CC2)cc1. The first kappa shape index (κ1) is 22.2. The fourth-order valence-electron chi connectivity index (χ4n) is 4.04. The molecule has 2 N–H and O–H groups in total. The average Bonchev–Trinajstić information content (AvgIpc) is 3.15. The molecule has 0 bridgehead atoms. The maximum atomic E-state index is 12.7. The van der Waals surface area contributed by atoms with Gasteiger partial charge in [-0.25, -0.2) is 0 Å². The van der Waals surface area contributed by atoms with E-state index in [1.54, 1.807) is 7.11 Å². The van der Waals surface area contributed by atoms with Gasteiger partial charge in [-0.2, -0.15) is 0 Å². The number of rotatable bonds is 9. The highest BCUT2D eigenvalue weighted by Crippen LogP contribution is 2.38. The van der Waals surface area contributed by atoms with E-state index < -0.39 is 11.1 Å². The fraction of sp³-hybridized carbons (Fsp3) is 0.600. The van der Waals surface area contributed by atoms with E-state index in [9.17, 15) is 19.7 Å². The van der Waals surface area contributed by atoms with Crippen LogP contribution in [-0.2, 0) is 9.63 Å². The van der Waals surface area contributed by atoms with E-state index >= 15 is 0 Å². The lowest BCUT2D eigenvalue weighted by Gasteiger charge is -2.28. The smallest absolute Gasteiger partial charge is 0.294 e. The highest BCUT2D eigenvalue weighted by molar-refractivity contribution is 8.14. The van der Waals surface area contributed by atoms with Crippen LogP contribution in [-0.4, -0.2) is 42.5 Å². The molecule has 1 saturated carbocycles. The Bertz CT molecular complexity index is 751. The van der Waals surface area contributed by atoms with Crippen molar-refractivity contribution < 1.29 is 24.3 Å². The van der Waals surface area contributed by atoms with Crippen LogP contribution in [0, 0.1) is 22.0 Å². The van der Waals surface area contributed by atoms with Gasteiger partial charge in [0.2, 0.25) is 5.91 Å². The Kier molecular flexibility index (Phi) is 7.78. The number of thioether (sulfide) groups is 1. The van der Waals surface area contributed by atoms with E-state index in [4.69, 9.17) is 4.74 Å². The van der Waals surface area contributed by atoms with Gasteiger partial charge in [-0.05, 0) is 48.8 Å². The molecule has 10 heteroatoms. The molecule has 1 aromatic carbocycles. The van der Waals surface area contributed by atoms with Gasteiger partial charge in [0.15, 0.2) is 0 Å². The zero-order valence-corrected chi connectivity index (χ0v) is 17.7. The first-order valence-corrected chi connectivity index (χ1v) is 11.0. The maximum Gasteiger partial charge on any atom is 0.294 e. The average molecular weight is 438 g/mol. The highest BCUT2D eigenvalue weighted by Gasteiger charge is 2.39. The van der Waals surface area contributed by atoms with Crippen molar-refractivity contribution in [2.75, 3.05) is 20.3 Å². The summed E-state index contributed by atoms with van der Waals surface area (Å²) in [5.74, 6) is 1.27. The third kappa shape index (κ3) is 6.01. The summed E-state index contributed by atoms with van der Waals surface area (Å²) < 4.78 is 5.16. The summed E-state index contributed by atoms with van der Waals surface area (Å²) in [5.41, 5.74) is 0.898. The van der Waals surface area contributed by atoms with Gasteiger partial charge in [-0.1, -0.05) is 36.7 Å². The summed E-state index contributed by atoms with van der Waals surface area (Å²) in [4.78, 5) is 39.4. The monoisotopic (exact) mass is 437 g/mol. The summed E-state index contributed by atoms with van der Waals surface area (Å²) >= 11 is 1.13. The molecule has 0 spiro atoms. The summed E-state index contributed by atoms with van der Waals surface area (Å²) in [5, 5.41) is 14.8. The van der Waals surface area contributed by atoms with Crippen LogP contribution in [0.25, 0.3) is 0 Å². The van der Waals surface area contributed by atoms with Crippen LogP contribution < -0.4 is 15.4 Å². The third-order valence-electron chi connectivity index (χ3n) is 5.77. The molecule has 164 valence electrons. The molecule has 3 rings (SSSR count). The topological polar surface area (TPSA) is 120 Å². The Morgan fingerprint density at radius 2 is 1.90 bits per heavy atom. The number of nitrogens with zero attached hydrogens (tertiary/aromatic N) is 1. The van der Waals surface area contributed by atoms with Crippen molar-refractivity contribution in [3.05, 3.63) is 39.9 Å². The number of amides is 2. The molecule has 1 aliphatic carbocycles. The number of ether oxygens (including phenoxy) is 1. The van der Waals surface area contributed by atoms with Crippen molar-refractivity contribution in [3.63, 3.8) is 0 Å². The van der Waals surface area contributed by atoms with Crippen LogP contribution in [0.3, 0.4) is 0 Å². The quantitative estimate of drug-likeness (QED) is 0.450. The van der Waals surface area contributed by atoms with E-state index in [1.807, 2.05) is 24.3 Å². The van der Waals surface area contributed by atoms with Crippen molar-refractivity contribution in [1.82, 2.24) is 10.6 Å². The van der Waals surface area contributed by atoms with Crippen LogP contribution in [0.5, 0.6) is 5.75 Å². The molecular weight excluding hydrogens is 410 g/mol. The predicted molar refractivity (Wildman–Crippen MR) is 112 cm³/mol. The normalized spacial score (nSPS) is 26.0. The van der Waals surface area contributed by atoms with Crippen LogP contribution >= 0.6 is 11.8 Å². The van der Waals surface area contributed by atoms with Gasteiger partial charge >= 0.3 is 0 Å². The Labute approximate surface area is 179 Å². The molecule has 30 heavy (non-hydrogen) atoms. The summed E-state index contributed by atoms with van der Waals surface area (Å²) in [6.45, 7) is 0.716. The van der Waals surface area contributed by atoms with Crippen LogP contribution in [0.1, 0.15) is 42.9 Å². The molecule has 2 fully saturated rings. The number of hydrogen-bond acceptors (Lipinski definition) is 7. The van der Waals surface area contributed by atoms with Crippen molar-refractivity contribution in [1.29, 1.82) is 0 Å². The van der Waals surface area contributed by atoms with E-state index in [0.717, 1.165) is 55.2 Å². The largest absolute Gasteiger partial charge is 0.497 e. The van der Waals surface area contributed by atoms with Gasteiger partial charge in [-0.3, -0.25) is 9.59 Å². The van der Waals surface area contributed by atoms with Crippen molar-refractivity contribution in [2.45, 2.75) is 43.4 Å². The summed E-state index contributed by atoms with van der Waals surface area (Å²) in [6.07, 6.45) is 4.62. The van der Waals surface area contributed by atoms with Crippen LogP contribution in [0.4, 0.5) is 4.79 Å². The molecule has 2 aliphatic rings.